The molecule has 6 nitrogen and oxygen atoms in total. The zero-order chi connectivity index (χ0) is 13.1. The monoisotopic (exact) mass is 264 g/mol. The van der Waals surface area contributed by atoms with E-state index in [1.54, 1.807) is 20.8 Å². The van der Waals surface area contributed by atoms with Crippen LogP contribution in [0, 0.1) is 5.41 Å². The quantitative estimate of drug-likeness (QED) is 0.765. The Hall–Kier alpha value is -0.660. The molecule has 1 heterocycles. The topological polar surface area (TPSA) is 75.7 Å². The van der Waals surface area contributed by atoms with E-state index in [1.807, 2.05) is 4.89 Å². The number of nitrogens with zero attached hydrogens (tertiary/aromatic N) is 1. The molecule has 1 saturated heterocycles. The molecule has 0 bridgehead atoms. The Kier molecular flexibility index (Phi) is 4.51. The SMILES string of the molecule is CC(C)(C)C(=O)ONS(=O)(=O)N1CCCCC1. The fraction of sp³-hybridized carbons (Fsp3) is 0.900. The maximum Gasteiger partial charge on any atom is 0.331 e. The third-order valence-corrected chi connectivity index (χ3v) is 3.85. The molecule has 0 amide bonds. The molecule has 1 N–H and O–H groups in total. The number of nitrogens with one attached hydrogen (secondary N) is 1. The second-order valence-corrected chi connectivity index (χ2v) is 6.82. The molecule has 0 spiro atoms. The van der Waals surface area contributed by atoms with Crippen molar-refractivity contribution in [2.24, 2.45) is 5.41 Å². The molecule has 0 radical (unpaired) electrons. The van der Waals surface area contributed by atoms with Crippen LogP contribution < -0.4 is 4.89 Å². The molecule has 7 heteroatoms. The van der Waals surface area contributed by atoms with Crippen LogP contribution in [0.3, 0.4) is 0 Å². The molecule has 0 aromatic rings. The van der Waals surface area contributed by atoms with Gasteiger partial charge in [-0.05, 0) is 38.5 Å². The summed E-state index contributed by atoms with van der Waals surface area (Å²) in [5.41, 5.74) is -0.732. The number of carbonyl (C=O) groups excluding carboxylic acids is 1. The summed E-state index contributed by atoms with van der Waals surface area (Å²) in [6, 6.07) is 0. The molecule has 0 aromatic carbocycles. The Balaban J connectivity index is 2.52. The van der Waals surface area contributed by atoms with Crippen molar-refractivity contribution >= 4 is 16.2 Å². The number of piperidine rings is 1. The standard InChI is InChI=1S/C10H20N2O4S/c1-10(2,3)9(13)16-11-17(14,15)12-7-5-4-6-8-12/h11H,4-8H2,1-3H3. The van der Waals surface area contributed by atoms with Gasteiger partial charge in [0.15, 0.2) is 0 Å². The molecule has 0 atom stereocenters. The predicted molar refractivity (Wildman–Crippen MR) is 63.0 cm³/mol. The van der Waals surface area contributed by atoms with Gasteiger partial charge in [-0.2, -0.15) is 12.7 Å². The van der Waals surface area contributed by atoms with Gasteiger partial charge in [0.2, 0.25) is 0 Å². The normalized spacial score (nSPS) is 19.0. The van der Waals surface area contributed by atoms with Gasteiger partial charge >= 0.3 is 16.2 Å². The molecule has 0 unspecified atom stereocenters. The molecule has 0 aromatic heterocycles. The highest BCUT2D eigenvalue weighted by Crippen LogP contribution is 2.15. The van der Waals surface area contributed by atoms with Crippen molar-refractivity contribution in [2.45, 2.75) is 40.0 Å². The molecule has 0 aliphatic carbocycles. The second-order valence-electron chi connectivity index (χ2n) is 5.19. The van der Waals surface area contributed by atoms with Gasteiger partial charge in [0.25, 0.3) is 0 Å². The second kappa shape index (κ2) is 5.32. The summed E-state index contributed by atoms with van der Waals surface area (Å²) in [7, 11) is -3.70. The molecule has 100 valence electrons. The van der Waals surface area contributed by atoms with Gasteiger partial charge in [0.05, 0.1) is 5.41 Å². The molecular formula is C10H20N2O4S. The third kappa shape index (κ3) is 4.25. The predicted octanol–water partition coefficient (Wildman–Crippen LogP) is 0.811. The van der Waals surface area contributed by atoms with Crippen LogP contribution in [0.25, 0.3) is 0 Å². The lowest BCUT2D eigenvalue weighted by molar-refractivity contribution is -0.156. The van der Waals surface area contributed by atoms with Crippen LogP contribution in [-0.4, -0.2) is 31.8 Å². The Labute approximate surface area is 102 Å². The van der Waals surface area contributed by atoms with E-state index in [9.17, 15) is 13.2 Å². The lowest BCUT2D eigenvalue weighted by Crippen LogP contribution is -2.45. The van der Waals surface area contributed by atoms with Crippen LogP contribution in [0.1, 0.15) is 40.0 Å². The summed E-state index contributed by atoms with van der Waals surface area (Å²) in [5.74, 6) is -0.599. The number of carbonyl (C=O) groups is 1. The number of hydrogen-bond donors (Lipinski definition) is 1. The van der Waals surface area contributed by atoms with Crippen LogP contribution >= 0.6 is 0 Å². The van der Waals surface area contributed by atoms with E-state index < -0.39 is 21.6 Å². The number of rotatable bonds is 3. The van der Waals surface area contributed by atoms with Gasteiger partial charge < -0.3 is 4.84 Å². The molecule has 1 aliphatic heterocycles. The van der Waals surface area contributed by atoms with Crippen molar-refractivity contribution in [2.75, 3.05) is 13.1 Å². The van der Waals surface area contributed by atoms with Gasteiger partial charge in [-0.15, -0.1) is 0 Å². The zero-order valence-corrected chi connectivity index (χ0v) is 11.3. The van der Waals surface area contributed by atoms with Gasteiger partial charge in [0.1, 0.15) is 0 Å². The average Bonchev–Trinajstić information content (AvgIpc) is 2.26. The first-order chi connectivity index (χ1) is 7.73. The summed E-state index contributed by atoms with van der Waals surface area (Å²) < 4.78 is 24.8. The first kappa shape index (κ1) is 14.4. The fourth-order valence-electron chi connectivity index (χ4n) is 1.40. The Bertz CT molecular complexity index is 366. The van der Waals surface area contributed by atoms with Crippen molar-refractivity contribution in [3.05, 3.63) is 0 Å². The van der Waals surface area contributed by atoms with Crippen LogP contribution in [-0.2, 0) is 19.8 Å². The smallest absolute Gasteiger partial charge is 0.331 e. The van der Waals surface area contributed by atoms with Crippen molar-refractivity contribution in [1.29, 1.82) is 0 Å². The number of hydrogen-bond acceptors (Lipinski definition) is 4. The highest BCUT2D eigenvalue weighted by Gasteiger charge is 2.28. The third-order valence-electron chi connectivity index (χ3n) is 2.51. The molecule has 1 rings (SSSR count). The summed E-state index contributed by atoms with van der Waals surface area (Å²) in [6.45, 7) is 5.92. The summed E-state index contributed by atoms with van der Waals surface area (Å²) in [4.78, 5) is 17.9. The molecule has 17 heavy (non-hydrogen) atoms. The van der Waals surface area contributed by atoms with E-state index in [2.05, 4.69) is 4.84 Å². The molecule has 1 fully saturated rings. The van der Waals surface area contributed by atoms with Crippen LogP contribution in [0.2, 0.25) is 0 Å². The average molecular weight is 264 g/mol. The minimum Gasteiger partial charge on any atom is -0.354 e. The highest BCUT2D eigenvalue weighted by atomic mass is 32.2. The Morgan fingerprint density at radius 3 is 2.18 bits per heavy atom. The lowest BCUT2D eigenvalue weighted by atomic mass is 9.98. The molecule has 1 aliphatic rings. The lowest BCUT2D eigenvalue weighted by Gasteiger charge is -2.26. The van der Waals surface area contributed by atoms with Crippen LogP contribution in [0.5, 0.6) is 0 Å². The van der Waals surface area contributed by atoms with E-state index in [0.717, 1.165) is 19.3 Å². The van der Waals surface area contributed by atoms with E-state index >= 15 is 0 Å². The van der Waals surface area contributed by atoms with Gasteiger partial charge in [-0.1, -0.05) is 6.42 Å². The summed E-state index contributed by atoms with van der Waals surface area (Å²) >= 11 is 0. The first-order valence-electron chi connectivity index (χ1n) is 5.71. The fourth-order valence-corrected chi connectivity index (χ4v) is 2.43. The Morgan fingerprint density at radius 2 is 1.71 bits per heavy atom. The van der Waals surface area contributed by atoms with E-state index in [4.69, 9.17) is 0 Å². The minimum atomic E-state index is -3.70. The Morgan fingerprint density at radius 1 is 1.18 bits per heavy atom. The maximum absolute atomic E-state index is 11.8. The van der Waals surface area contributed by atoms with Crippen LogP contribution in [0.15, 0.2) is 0 Å². The maximum atomic E-state index is 11.8. The summed E-state index contributed by atoms with van der Waals surface area (Å²) in [5, 5.41) is 0. The largest absolute Gasteiger partial charge is 0.354 e. The van der Waals surface area contributed by atoms with E-state index in [1.165, 1.54) is 4.31 Å². The van der Waals surface area contributed by atoms with E-state index in [-0.39, 0.29) is 0 Å². The zero-order valence-electron chi connectivity index (χ0n) is 10.5. The van der Waals surface area contributed by atoms with Crippen molar-refractivity contribution in [3.8, 4) is 0 Å². The van der Waals surface area contributed by atoms with Gasteiger partial charge in [0, 0.05) is 13.1 Å². The van der Waals surface area contributed by atoms with Crippen molar-refractivity contribution in [1.82, 2.24) is 9.19 Å². The van der Waals surface area contributed by atoms with E-state index in [0.29, 0.717) is 13.1 Å². The van der Waals surface area contributed by atoms with Gasteiger partial charge in [-0.25, -0.2) is 4.79 Å². The molecule has 0 saturated carbocycles. The van der Waals surface area contributed by atoms with Crippen molar-refractivity contribution in [3.63, 3.8) is 0 Å². The van der Waals surface area contributed by atoms with Gasteiger partial charge in [-0.3, -0.25) is 0 Å². The summed E-state index contributed by atoms with van der Waals surface area (Å²) in [6.07, 6.45) is 2.72. The minimum absolute atomic E-state index is 0.475. The molecular weight excluding hydrogens is 244 g/mol. The first-order valence-corrected chi connectivity index (χ1v) is 7.15. The van der Waals surface area contributed by atoms with Crippen LogP contribution in [0.4, 0.5) is 0 Å². The van der Waals surface area contributed by atoms with Crippen molar-refractivity contribution < 1.29 is 18.0 Å². The highest BCUT2D eigenvalue weighted by molar-refractivity contribution is 7.87.